The van der Waals surface area contributed by atoms with Crippen molar-refractivity contribution in [2.45, 2.75) is 40.0 Å². The summed E-state index contributed by atoms with van der Waals surface area (Å²) in [4.78, 5) is 26.1. The van der Waals surface area contributed by atoms with Gasteiger partial charge in [0.1, 0.15) is 11.7 Å². The van der Waals surface area contributed by atoms with E-state index in [4.69, 9.17) is 0 Å². The molecule has 168 valence electrons. The quantitative estimate of drug-likeness (QED) is 0.260. The van der Waals surface area contributed by atoms with Gasteiger partial charge in [0, 0.05) is 15.7 Å². The lowest BCUT2D eigenvalue weighted by molar-refractivity contribution is -0.118. The van der Waals surface area contributed by atoms with Crippen molar-refractivity contribution in [1.29, 1.82) is 0 Å². The molecule has 1 amide bonds. The Hall–Kier alpha value is -2.79. The molecule has 3 aromatic rings. The molecule has 0 aliphatic heterocycles. The summed E-state index contributed by atoms with van der Waals surface area (Å²) in [6.45, 7) is 5.97. The van der Waals surface area contributed by atoms with E-state index in [1.807, 2.05) is 45.0 Å². The molecule has 0 spiro atoms. The number of rotatable bonds is 8. The number of benzene rings is 3. The third kappa shape index (κ3) is 7.72. The minimum Gasteiger partial charge on any atom is -0.325 e. The Balaban J connectivity index is 0.00000176. The van der Waals surface area contributed by atoms with Crippen LogP contribution < -0.4 is 5.32 Å². The first-order valence-electron chi connectivity index (χ1n) is 10.8. The van der Waals surface area contributed by atoms with Crippen LogP contribution >= 0.6 is 15.9 Å². The monoisotopic (exact) mass is 497 g/mol. The number of ketones is 1. The predicted octanol–water partition coefficient (Wildman–Crippen LogP) is 7.38. The lowest BCUT2D eigenvalue weighted by atomic mass is 9.91. The summed E-state index contributed by atoms with van der Waals surface area (Å²) < 4.78 is 14.0. The van der Waals surface area contributed by atoms with Gasteiger partial charge in [-0.2, -0.15) is 0 Å². The Kier molecular flexibility index (Phi) is 10.3. The summed E-state index contributed by atoms with van der Waals surface area (Å²) in [5, 5.41) is 2.87. The van der Waals surface area contributed by atoms with E-state index in [0.717, 1.165) is 15.6 Å². The number of hydrogen-bond donors (Lipinski definition) is 1. The Labute approximate surface area is 198 Å². The topological polar surface area (TPSA) is 46.2 Å². The van der Waals surface area contributed by atoms with Crippen LogP contribution in [0.5, 0.6) is 0 Å². The molecule has 0 bridgehead atoms. The van der Waals surface area contributed by atoms with Crippen molar-refractivity contribution < 1.29 is 14.0 Å². The van der Waals surface area contributed by atoms with E-state index in [1.165, 1.54) is 12.1 Å². The highest BCUT2D eigenvalue weighted by atomic mass is 79.9. The molecule has 0 heterocycles. The van der Waals surface area contributed by atoms with Gasteiger partial charge in [-0.15, -0.1) is 0 Å². The molecule has 0 fully saturated rings. The second-order valence-electron chi connectivity index (χ2n) is 7.30. The van der Waals surface area contributed by atoms with Gasteiger partial charge >= 0.3 is 0 Å². The van der Waals surface area contributed by atoms with Crippen LogP contribution in [0.3, 0.4) is 0 Å². The smallest absolute Gasteiger partial charge is 0.235 e. The van der Waals surface area contributed by atoms with Gasteiger partial charge in [0.25, 0.3) is 0 Å². The largest absolute Gasteiger partial charge is 0.325 e. The van der Waals surface area contributed by atoms with Gasteiger partial charge in [-0.1, -0.05) is 71.7 Å². The zero-order valence-electron chi connectivity index (χ0n) is 18.7. The Bertz CT molecular complexity index is 999. The van der Waals surface area contributed by atoms with Crippen LogP contribution in [-0.4, -0.2) is 11.7 Å². The van der Waals surface area contributed by atoms with Crippen molar-refractivity contribution in [1.82, 2.24) is 0 Å². The SMILES string of the molecule is CC.Cc1ccc(NC(=O)C(CCCc2ccc(F)cc2)C(=O)c2ccc(Br)cc2)cc1. The van der Waals surface area contributed by atoms with E-state index < -0.39 is 5.92 Å². The molecule has 3 rings (SSSR count). The van der Waals surface area contributed by atoms with Crippen LogP contribution in [0.1, 0.15) is 48.2 Å². The van der Waals surface area contributed by atoms with E-state index in [2.05, 4.69) is 21.2 Å². The molecule has 0 saturated carbocycles. The molecule has 0 radical (unpaired) electrons. The van der Waals surface area contributed by atoms with Gasteiger partial charge in [0.05, 0.1) is 0 Å². The molecule has 1 atom stereocenters. The molecular formula is C27H29BrFNO2. The van der Waals surface area contributed by atoms with E-state index in [-0.39, 0.29) is 17.5 Å². The van der Waals surface area contributed by atoms with Crippen LogP contribution in [0, 0.1) is 18.7 Å². The Morgan fingerprint density at radius 1 is 0.906 bits per heavy atom. The molecule has 0 saturated heterocycles. The predicted molar refractivity (Wildman–Crippen MR) is 132 cm³/mol. The highest BCUT2D eigenvalue weighted by Gasteiger charge is 2.27. The highest BCUT2D eigenvalue weighted by Crippen LogP contribution is 2.21. The van der Waals surface area contributed by atoms with Crippen LogP contribution in [0.25, 0.3) is 0 Å². The second-order valence-corrected chi connectivity index (χ2v) is 8.21. The van der Waals surface area contributed by atoms with Gasteiger partial charge in [-0.3, -0.25) is 9.59 Å². The zero-order chi connectivity index (χ0) is 23.5. The lowest BCUT2D eigenvalue weighted by Crippen LogP contribution is -2.30. The normalized spacial score (nSPS) is 11.2. The van der Waals surface area contributed by atoms with Crippen LogP contribution in [-0.2, 0) is 11.2 Å². The molecule has 32 heavy (non-hydrogen) atoms. The first-order chi connectivity index (χ1) is 15.4. The number of hydrogen-bond acceptors (Lipinski definition) is 2. The molecule has 1 unspecified atom stereocenters. The molecular weight excluding hydrogens is 469 g/mol. The van der Waals surface area contributed by atoms with E-state index >= 15 is 0 Å². The third-order valence-electron chi connectivity index (χ3n) is 4.95. The molecule has 5 heteroatoms. The molecule has 0 aliphatic rings. The maximum Gasteiger partial charge on any atom is 0.235 e. The molecule has 1 N–H and O–H groups in total. The number of Topliss-reactive ketones (excluding diaryl/α,β-unsaturated/α-hetero) is 1. The summed E-state index contributed by atoms with van der Waals surface area (Å²) in [5.74, 6) is -1.59. The average Bonchev–Trinajstić information content (AvgIpc) is 2.81. The fourth-order valence-corrected chi connectivity index (χ4v) is 3.49. The van der Waals surface area contributed by atoms with E-state index in [1.54, 1.807) is 36.4 Å². The summed E-state index contributed by atoms with van der Waals surface area (Å²) in [7, 11) is 0. The summed E-state index contributed by atoms with van der Waals surface area (Å²) in [5.41, 5.74) is 3.24. The molecule has 3 nitrogen and oxygen atoms in total. The van der Waals surface area contributed by atoms with Crippen molar-refractivity contribution in [2.75, 3.05) is 5.32 Å². The standard InChI is InChI=1S/C25H23BrFNO2.C2H6/c1-17-5-15-22(16-6-17)28-25(30)23(24(29)19-9-11-20(26)12-10-19)4-2-3-18-7-13-21(27)14-8-18;1-2/h5-16,23H,2-4H2,1H3,(H,28,30);1-2H3. The van der Waals surface area contributed by atoms with Gasteiger partial charge in [0.15, 0.2) is 5.78 Å². The number of amides is 1. The van der Waals surface area contributed by atoms with E-state index in [0.29, 0.717) is 30.5 Å². The Morgan fingerprint density at radius 3 is 2.09 bits per heavy atom. The summed E-state index contributed by atoms with van der Waals surface area (Å²) in [6.07, 6.45) is 1.71. The first kappa shape index (κ1) is 25.5. The number of anilines is 1. The Morgan fingerprint density at radius 2 is 1.50 bits per heavy atom. The van der Waals surface area contributed by atoms with Crippen LogP contribution in [0.2, 0.25) is 0 Å². The molecule has 3 aromatic carbocycles. The number of nitrogens with one attached hydrogen (secondary N) is 1. The summed E-state index contributed by atoms with van der Waals surface area (Å²) >= 11 is 3.37. The zero-order valence-corrected chi connectivity index (χ0v) is 20.3. The van der Waals surface area contributed by atoms with Crippen LogP contribution in [0.4, 0.5) is 10.1 Å². The van der Waals surface area contributed by atoms with Gasteiger partial charge in [-0.05, 0) is 68.1 Å². The number of halogens is 2. The van der Waals surface area contributed by atoms with Crippen molar-refractivity contribution in [3.05, 3.63) is 99.8 Å². The third-order valence-corrected chi connectivity index (χ3v) is 5.48. The maximum atomic E-state index is 13.1. The van der Waals surface area contributed by atoms with Crippen molar-refractivity contribution in [3.63, 3.8) is 0 Å². The fraction of sp³-hybridized carbons (Fsp3) is 0.259. The number of carbonyl (C=O) groups is 2. The van der Waals surface area contributed by atoms with Gasteiger partial charge < -0.3 is 5.32 Å². The van der Waals surface area contributed by atoms with Crippen molar-refractivity contribution in [2.24, 2.45) is 5.92 Å². The van der Waals surface area contributed by atoms with Crippen LogP contribution in [0.15, 0.2) is 77.3 Å². The molecule has 0 aliphatic carbocycles. The minimum absolute atomic E-state index is 0.203. The number of carbonyl (C=O) groups excluding carboxylic acids is 2. The fourth-order valence-electron chi connectivity index (χ4n) is 3.22. The lowest BCUT2D eigenvalue weighted by Gasteiger charge is -2.16. The van der Waals surface area contributed by atoms with Gasteiger partial charge in [0.2, 0.25) is 5.91 Å². The van der Waals surface area contributed by atoms with Gasteiger partial charge in [-0.25, -0.2) is 4.39 Å². The second kappa shape index (κ2) is 12.9. The van der Waals surface area contributed by atoms with Crippen molar-refractivity contribution in [3.8, 4) is 0 Å². The maximum absolute atomic E-state index is 13.1. The average molecular weight is 498 g/mol. The first-order valence-corrected chi connectivity index (χ1v) is 11.6. The van der Waals surface area contributed by atoms with Crippen molar-refractivity contribution >= 4 is 33.3 Å². The minimum atomic E-state index is -0.798. The summed E-state index contributed by atoms with van der Waals surface area (Å²) in [6, 6.07) is 20.8. The molecule has 0 aromatic heterocycles. The number of aryl methyl sites for hydroxylation is 2. The van der Waals surface area contributed by atoms with E-state index in [9.17, 15) is 14.0 Å². The highest BCUT2D eigenvalue weighted by molar-refractivity contribution is 9.10.